The van der Waals surface area contributed by atoms with Crippen molar-refractivity contribution in [1.82, 2.24) is 4.90 Å². The monoisotopic (exact) mass is 517 g/mol. The van der Waals surface area contributed by atoms with E-state index in [0.717, 1.165) is 5.56 Å². The van der Waals surface area contributed by atoms with E-state index in [1.54, 1.807) is 19.0 Å². The highest BCUT2D eigenvalue weighted by Crippen LogP contribution is 2.39. The molecule has 0 heterocycles. The highest BCUT2D eigenvalue weighted by Gasteiger charge is 2.50. The van der Waals surface area contributed by atoms with Gasteiger partial charge in [0.05, 0.1) is 16.7 Å². The van der Waals surface area contributed by atoms with Crippen molar-refractivity contribution in [3.63, 3.8) is 0 Å². The van der Waals surface area contributed by atoms with Crippen LogP contribution >= 0.6 is 35.4 Å². The summed E-state index contributed by atoms with van der Waals surface area (Å²) in [5.41, 5.74) is 0.876. The zero-order valence-corrected chi connectivity index (χ0v) is 22.9. The van der Waals surface area contributed by atoms with Crippen LogP contribution in [0.5, 0.6) is 5.75 Å². The predicted molar refractivity (Wildman–Crippen MR) is 146 cm³/mol. The van der Waals surface area contributed by atoms with E-state index in [9.17, 15) is 0 Å². The van der Waals surface area contributed by atoms with E-state index in [1.165, 1.54) is 10.4 Å². The molecule has 0 aromatic heterocycles. The van der Waals surface area contributed by atoms with Gasteiger partial charge in [-0.05, 0) is 45.3 Å². The van der Waals surface area contributed by atoms with E-state index in [2.05, 4.69) is 69.3 Å². The number of ether oxygens (including phenoxy) is 1. The van der Waals surface area contributed by atoms with E-state index in [1.807, 2.05) is 24.3 Å². The molecule has 174 valence electrons. The summed E-state index contributed by atoms with van der Waals surface area (Å²) in [4.78, 5) is 1.68. The van der Waals surface area contributed by atoms with Crippen molar-refractivity contribution in [2.24, 2.45) is 0 Å². The van der Waals surface area contributed by atoms with Crippen molar-refractivity contribution in [2.45, 2.75) is 32.4 Å². The second-order valence-electron chi connectivity index (χ2n) is 9.10. The lowest BCUT2D eigenvalue weighted by Crippen LogP contribution is -2.66. The van der Waals surface area contributed by atoms with Crippen LogP contribution < -0.4 is 15.1 Å². The first-order valence-electron chi connectivity index (χ1n) is 10.7. The third kappa shape index (κ3) is 5.61. The molecule has 0 saturated heterocycles. The van der Waals surface area contributed by atoms with Crippen LogP contribution in [0.15, 0.2) is 72.8 Å². The summed E-state index contributed by atoms with van der Waals surface area (Å²) >= 11 is 18.3. The minimum absolute atomic E-state index is 0.121. The van der Waals surface area contributed by atoms with Gasteiger partial charge in [-0.3, -0.25) is 0 Å². The molecule has 0 atom stereocenters. The van der Waals surface area contributed by atoms with E-state index in [-0.39, 0.29) is 10.2 Å². The Morgan fingerprint density at radius 1 is 0.879 bits per heavy atom. The summed E-state index contributed by atoms with van der Waals surface area (Å²) < 4.78 is 12.7. The highest BCUT2D eigenvalue weighted by atomic mass is 35.5. The lowest BCUT2D eigenvalue weighted by molar-refractivity contribution is 0.286. The van der Waals surface area contributed by atoms with Crippen molar-refractivity contribution >= 4 is 59.3 Å². The summed E-state index contributed by atoms with van der Waals surface area (Å²) in [7, 11) is 0.937. The lowest BCUT2D eigenvalue weighted by Gasteiger charge is -2.43. The fraction of sp³-hybridized carbons (Fsp3) is 0.269. The Morgan fingerprint density at radius 3 is 1.73 bits per heavy atom. The summed E-state index contributed by atoms with van der Waals surface area (Å²) in [6.07, 6.45) is 0. The van der Waals surface area contributed by atoms with Crippen LogP contribution in [0.2, 0.25) is 15.1 Å². The van der Waals surface area contributed by atoms with Gasteiger partial charge >= 0.3 is 0 Å². The number of halogens is 2. The fourth-order valence-corrected chi connectivity index (χ4v) is 9.16. The standard InChI is InChI=1S/C26H29Cl2NO2SSi/c1-26(2,3)33(20-12-8-6-9-13-20,21-14-10-7-11-15-21)30-18-19-16-22(27)24(23(28)17-19)31-25(32)29(4)5/h6-17H,18H2,1-5H3. The molecule has 0 amide bonds. The van der Waals surface area contributed by atoms with Gasteiger partial charge in [0, 0.05) is 14.1 Å². The molecule has 0 spiro atoms. The predicted octanol–water partition coefficient (Wildman–Crippen LogP) is 6.30. The molecule has 0 saturated carbocycles. The van der Waals surface area contributed by atoms with Crippen molar-refractivity contribution in [3.8, 4) is 5.75 Å². The number of benzene rings is 3. The van der Waals surface area contributed by atoms with Crippen LogP contribution in [0, 0.1) is 0 Å². The number of thiocarbonyl (C=S) groups is 1. The molecular weight excluding hydrogens is 489 g/mol. The summed E-state index contributed by atoms with van der Waals surface area (Å²) in [6.45, 7) is 7.11. The first-order chi connectivity index (χ1) is 15.6. The Kier molecular flexibility index (Phi) is 8.25. The molecule has 0 N–H and O–H groups in total. The quantitative estimate of drug-likeness (QED) is 0.282. The van der Waals surface area contributed by atoms with Gasteiger partial charge < -0.3 is 14.1 Å². The molecule has 0 aliphatic rings. The Balaban J connectivity index is 2.01. The molecule has 0 aliphatic carbocycles. The minimum Gasteiger partial charge on any atom is -0.429 e. The summed E-state index contributed by atoms with van der Waals surface area (Å²) in [5, 5.41) is 3.40. The molecular formula is C26H29Cl2NO2SSi. The number of hydrogen-bond acceptors (Lipinski definition) is 3. The van der Waals surface area contributed by atoms with Gasteiger partial charge in [0.15, 0.2) is 5.75 Å². The molecule has 0 aliphatic heterocycles. The Bertz CT molecular complexity index is 1040. The first-order valence-corrected chi connectivity index (χ1v) is 13.8. The van der Waals surface area contributed by atoms with E-state index >= 15 is 0 Å². The molecule has 3 aromatic carbocycles. The minimum atomic E-state index is -2.67. The third-order valence-electron chi connectivity index (χ3n) is 5.48. The normalized spacial score (nSPS) is 11.8. The van der Waals surface area contributed by atoms with Gasteiger partial charge in [-0.25, -0.2) is 0 Å². The molecule has 33 heavy (non-hydrogen) atoms. The molecule has 0 fully saturated rings. The van der Waals surface area contributed by atoms with Gasteiger partial charge in [0.2, 0.25) is 0 Å². The van der Waals surface area contributed by atoms with Crippen molar-refractivity contribution in [3.05, 3.63) is 88.4 Å². The van der Waals surface area contributed by atoms with E-state index < -0.39 is 8.32 Å². The summed E-state index contributed by atoms with van der Waals surface area (Å²) in [5.74, 6) is 0.353. The van der Waals surface area contributed by atoms with Gasteiger partial charge in [-0.2, -0.15) is 0 Å². The first kappa shape index (κ1) is 25.7. The van der Waals surface area contributed by atoms with Crippen LogP contribution in [0.25, 0.3) is 0 Å². The highest BCUT2D eigenvalue weighted by molar-refractivity contribution is 7.80. The molecule has 0 radical (unpaired) electrons. The second kappa shape index (κ2) is 10.6. The Labute approximate surface area is 213 Å². The van der Waals surface area contributed by atoms with Crippen LogP contribution in [0.4, 0.5) is 0 Å². The van der Waals surface area contributed by atoms with Crippen molar-refractivity contribution in [1.29, 1.82) is 0 Å². The number of rotatable bonds is 6. The molecule has 3 aromatic rings. The van der Waals surface area contributed by atoms with Gasteiger partial charge in [0.1, 0.15) is 0 Å². The van der Waals surface area contributed by atoms with E-state index in [0.29, 0.717) is 22.4 Å². The fourth-order valence-electron chi connectivity index (χ4n) is 3.92. The second-order valence-corrected chi connectivity index (χ2v) is 14.6. The van der Waals surface area contributed by atoms with Gasteiger partial charge in [-0.15, -0.1) is 0 Å². The van der Waals surface area contributed by atoms with Crippen LogP contribution in [0.1, 0.15) is 26.3 Å². The molecule has 3 nitrogen and oxygen atoms in total. The zero-order chi connectivity index (χ0) is 24.2. The summed E-state index contributed by atoms with van der Waals surface area (Å²) in [6, 6.07) is 24.7. The maximum Gasteiger partial charge on any atom is 0.264 e. The van der Waals surface area contributed by atoms with Gasteiger partial charge in [-0.1, -0.05) is 105 Å². The molecule has 7 heteroatoms. The van der Waals surface area contributed by atoms with E-state index in [4.69, 9.17) is 44.6 Å². The molecule has 0 unspecified atom stereocenters. The largest absolute Gasteiger partial charge is 0.429 e. The maximum atomic E-state index is 6.97. The lowest BCUT2D eigenvalue weighted by atomic mass is 10.2. The number of nitrogens with zero attached hydrogens (tertiary/aromatic N) is 1. The van der Waals surface area contributed by atoms with Crippen molar-refractivity contribution < 1.29 is 9.16 Å². The average Bonchev–Trinajstić information content (AvgIpc) is 2.77. The average molecular weight is 519 g/mol. The zero-order valence-electron chi connectivity index (χ0n) is 19.6. The maximum absolute atomic E-state index is 6.97. The van der Waals surface area contributed by atoms with Crippen molar-refractivity contribution in [2.75, 3.05) is 14.1 Å². The SMILES string of the molecule is CN(C)C(=S)Oc1c(Cl)cc(CO[Si](c2ccccc2)(c2ccccc2)C(C)(C)C)cc1Cl. The number of hydrogen-bond donors (Lipinski definition) is 0. The molecule has 3 rings (SSSR count). The van der Waals surface area contributed by atoms with Crippen LogP contribution in [0.3, 0.4) is 0 Å². The molecule has 0 bridgehead atoms. The Morgan fingerprint density at radius 2 is 1.33 bits per heavy atom. The van der Waals surface area contributed by atoms with Crippen LogP contribution in [-0.4, -0.2) is 32.5 Å². The van der Waals surface area contributed by atoms with Crippen LogP contribution in [-0.2, 0) is 11.0 Å². The Hall–Kier alpha value is -1.89. The van der Waals surface area contributed by atoms with Gasteiger partial charge in [0.25, 0.3) is 13.5 Å². The topological polar surface area (TPSA) is 21.7 Å². The third-order valence-corrected chi connectivity index (χ3v) is 11.5. The smallest absolute Gasteiger partial charge is 0.264 e.